The molecule has 16 heavy (non-hydrogen) atoms. The molecule has 0 spiro atoms. The van der Waals surface area contributed by atoms with E-state index in [-0.39, 0.29) is 18.5 Å². The molecule has 0 saturated carbocycles. The van der Waals surface area contributed by atoms with Gasteiger partial charge in [0.05, 0.1) is 13.2 Å². The second-order valence-electron chi connectivity index (χ2n) is 4.16. The van der Waals surface area contributed by atoms with Crippen molar-refractivity contribution < 1.29 is 9.13 Å². The average Bonchev–Trinajstić information content (AvgIpc) is 2.30. The van der Waals surface area contributed by atoms with Crippen molar-refractivity contribution in [2.24, 2.45) is 11.7 Å². The van der Waals surface area contributed by atoms with Gasteiger partial charge in [-0.2, -0.15) is 0 Å². The zero-order chi connectivity index (χ0) is 12.0. The summed E-state index contributed by atoms with van der Waals surface area (Å²) < 4.78 is 18.6. The van der Waals surface area contributed by atoms with Crippen molar-refractivity contribution in [1.82, 2.24) is 0 Å². The molecule has 0 heterocycles. The van der Waals surface area contributed by atoms with E-state index in [0.29, 0.717) is 18.1 Å². The van der Waals surface area contributed by atoms with E-state index in [9.17, 15) is 4.39 Å². The summed E-state index contributed by atoms with van der Waals surface area (Å²) in [6.45, 7) is 4.96. The summed E-state index contributed by atoms with van der Waals surface area (Å²) >= 11 is 0. The molecule has 0 aromatic heterocycles. The van der Waals surface area contributed by atoms with Gasteiger partial charge in [0, 0.05) is 11.6 Å². The second-order valence-corrected chi connectivity index (χ2v) is 4.16. The Labute approximate surface area is 96.6 Å². The molecule has 1 rings (SSSR count). The van der Waals surface area contributed by atoms with E-state index in [4.69, 9.17) is 10.5 Å². The van der Waals surface area contributed by atoms with Gasteiger partial charge < -0.3 is 10.5 Å². The van der Waals surface area contributed by atoms with Crippen molar-refractivity contribution in [3.05, 3.63) is 35.6 Å². The Kier molecular flexibility index (Phi) is 5.43. The average molecular weight is 225 g/mol. The molecular formula is C13H20FNO. The standard InChI is InChI=1S/C13H20FNO/c1-3-10(2)13(15)9-16-8-11-6-4-5-7-12(11)14/h4-7,10,13H,3,8-9,15H2,1-2H3/t10?,13-/m1/s1. The lowest BCUT2D eigenvalue weighted by atomic mass is 10.0. The highest BCUT2D eigenvalue weighted by Crippen LogP contribution is 2.10. The number of halogens is 1. The number of rotatable bonds is 6. The molecule has 1 aromatic rings. The molecular weight excluding hydrogens is 205 g/mol. The van der Waals surface area contributed by atoms with Gasteiger partial charge in [0.15, 0.2) is 0 Å². The first-order valence-electron chi connectivity index (χ1n) is 5.71. The Morgan fingerprint density at radius 3 is 2.69 bits per heavy atom. The molecule has 2 N–H and O–H groups in total. The van der Waals surface area contributed by atoms with E-state index in [1.54, 1.807) is 18.2 Å². The zero-order valence-corrected chi connectivity index (χ0v) is 9.95. The first-order chi connectivity index (χ1) is 7.65. The van der Waals surface area contributed by atoms with E-state index in [0.717, 1.165) is 6.42 Å². The zero-order valence-electron chi connectivity index (χ0n) is 9.95. The molecule has 1 unspecified atom stereocenters. The summed E-state index contributed by atoms with van der Waals surface area (Å²) in [6.07, 6.45) is 1.03. The summed E-state index contributed by atoms with van der Waals surface area (Å²) in [6, 6.07) is 6.66. The Morgan fingerprint density at radius 2 is 2.06 bits per heavy atom. The highest BCUT2D eigenvalue weighted by Gasteiger charge is 2.10. The quantitative estimate of drug-likeness (QED) is 0.808. The monoisotopic (exact) mass is 225 g/mol. The van der Waals surface area contributed by atoms with Crippen LogP contribution < -0.4 is 5.73 Å². The highest BCUT2D eigenvalue weighted by atomic mass is 19.1. The molecule has 2 atom stereocenters. The van der Waals surface area contributed by atoms with Gasteiger partial charge >= 0.3 is 0 Å². The fourth-order valence-corrected chi connectivity index (χ4v) is 1.39. The van der Waals surface area contributed by atoms with Crippen molar-refractivity contribution in [2.75, 3.05) is 6.61 Å². The normalized spacial score (nSPS) is 14.8. The van der Waals surface area contributed by atoms with Crippen molar-refractivity contribution in [1.29, 1.82) is 0 Å². The predicted octanol–water partition coefficient (Wildman–Crippen LogP) is 2.72. The molecule has 0 amide bonds. The molecule has 3 heteroatoms. The first-order valence-corrected chi connectivity index (χ1v) is 5.71. The van der Waals surface area contributed by atoms with Crippen LogP contribution in [0.25, 0.3) is 0 Å². The van der Waals surface area contributed by atoms with Crippen molar-refractivity contribution in [3.63, 3.8) is 0 Å². The van der Waals surface area contributed by atoms with Crippen molar-refractivity contribution in [3.8, 4) is 0 Å². The maximum Gasteiger partial charge on any atom is 0.128 e. The summed E-state index contributed by atoms with van der Waals surface area (Å²) in [5.74, 6) is 0.209. The minimum Gasteiger partial charge on any atom is -0.375 e. The largest absolute Gasteiger partial charge is 0.375 e. The lowest BCUT2D eigenvalue weighted by Gasteiger charge is -2.18. The number of nitrogens with two attached hydrogens (primary N) is 1. The Morgan fingerprint density at radius 1 is 1.38 bits per heavy atom. The third-order valence-electron chi connectivity index (χ3n) is 2.90. The van der Waals surface area contributed by atoms with Crippen LogP contribution in [0.4, 0.5) is 4.39 Å². The summed E-state index contributed by atoms with van der Waals surface area (Å²) in [7, 11) is 0. The third-order valence-corrected chi connectivity index (χ3v) is 2.90. The van der Waals surface area contributed by atoms with E-state index in [1.807, 2.05) is 0 Å². The molecule has 0 aliphatic heterocycles. The van der Waals surface area contributed by atoms with Crippen LogP contribution in [0.2, 0.25) is 0 Å². The topological polar surface area (TPSA) is 35.2 Å². The van der Waals surface area contributed by atoms with Crippen LogP contribution in [-0.4, -0.2) is 12.6 Å². The maximum absolute atomic E-state index is 13.2. The lowest BCUT2D eigenvalue weighted by molar-refractivity contribution is 0.0927. The van der Waals surface area contributed by atoms with Crippen LogP contribution in [-0.2, 0) is 11.3 Å². The molecule has 0 fully saturated rings. The Bertz CT molecular complexity index is 317. The summed E-state index contributed by atoms with van der Waals surface area (Å²) in [4.78, 5) is 0. The van der Waals surface area contributed by atoms with Crippen LogP contribution >= 0.6 is 0 Å². The minimum atomic E-state index is -0.223. The van der Waals surface area contributed by atoms with Gasteiger partial charge in [-0.05, 0) is 12.0 Å². The summed E-state index contributed by atoms with van der Waals surface area (Å²) in [5.41, 5.74) is 6.49. The van der Waals surface area contributed by atoms with Gasteiger partial charge in [-0.1, -0.05) is 38.5 Å². The second kappa shape index (κ2) is 6.61. The lowest BCUT2D eigenvalue weighted by Crippen LogP contribution is -2.32. The molecule has 0 saturated heterocycles. The van der Waals surface area contributed by atoms with Gasteiger partial charge in [0.25, 0.3) is 0 Å². The highest BCUT2D eigenvalue weighted by molar-refractivity contribution is 5.16. The van der Waals surface area contributed by atoms with Gasteiger partial charge in [0.1, 0.15) is 5.82 Å². The van der Waals surface area contributed by atoms with Gasteiger partial charge in [-0.25, -0.2) is 4.39 Å². The first kappa shape index (κ1) is 13.1. The van der Waals surface area contributed by atoms with Crippen LogP contribution in [0.15, 0.2) is 24.3 Å². The summed E-state index contributed by atoms with van der Waals surface area (Å²) in [5, 5.41) is 0. The SMILES string of the molecule is CCC(C)[C@H](N)COCc1ccccc1F. The van der Waals surface area contributed by atoms with E-state index >= 15 is 0 Å². The van der Waals surface area contributed by atoms with Crippen LogP contribution in [0.3, 0.4) is 0 Å². The van der Waals surface area contributed by atoms with Gasteiger partial charge in [0.2, 0.25) is 0 Å². The predicted molar refractivity (Wildman–Crippen MR) is 63.5 cm³/mol. The molecule has 0 aliphatic rings. The van der Waals surface area contributed by atoms with E-state index < -0.39 is 0 Å². The number of hydrogen-bond donors (Lipinski definition) is 1. The maximum atomic E-state index is 13.2. The third kappa shape index (κ3) is 3.91. The van der Waals surface area contributed by atoms with E-state index in [2.05, 4.69) is 13.8 Å². The molecule has 0 bridgehead atoms. The number of hydrogen-bond acceptors (Lipinski definition) is 2. The molecule has 1 aromatic carbocycles. The molecule has 90 valence electrons. The van der Waals surface area contributed by atoms with Crippen molar-refractivity contribution >= 4 is 0 Å². The Balaban J connectivity index is 2.33. The fourth-order valence-electron chi connectivity index (χ4n) is 1.39. The molecule has 0 aliphatic carbocycles. The molecule has 2 nitrogen and oxygen atoms in total. The smallest absolute Gasteiger partial charge is 0.128 e. The van der Waals surface area contributed by atoms with E-state index in [1.165, 1.54) is 6.07 Å². The minimum absolute atomic E-state index is 0.0248. The van der Waals surface area contributed by atoms with Crippen LogP contribution in [0, 0.1) is 11.7 Å². The number of benzene rings is 1. The van der Waals surface area contributed by atoms with Gasteiger partial charge in [-0.3, -0.25) is 0 Å². The fraction of sp³-hybridized carbons (Fsp3) is 0.538. The van der Waals surface area contributed by atoms with Crippen molar-refractivity contribution in [2.45, 2.75) is 32.9 Å². The molecule has 0 radical (unpaired) electrons. The van der Waals surface area contributed by atoms with Crippen LogP contribution in [0.5, 0.6) is 0 Å². The van der Waals surface area contributed by atoms with Crippen LogP contribution in [0.1, 0.15) is 25.8 Å². The Hall–Kier alpha value is -0.930. The number of ether oxygens (including phenoxy) is 1. The van der Waals surface area contributed by atoms with Gasteiger partial charge in [-0.15, -0.1) is 0 Å².